The lowest BCUT2D eigenvalue weighted by Gasteiger charge is -2.22. The van der Waals surface area contributed by atoms with Gasteiger partial charge in [-0.3, -0.25) is 10.5 Å². The Labute approximate surface area is 80.6 Å². The Hall–Kier alpha value is -0.570. The second-order valence-electron chi connectivity index (χ2n) is 3.60. The molecule has 0 amide bonds. The highest BCUT2D eigenvalue weighted by atomic mass is 16.6. The number of unbranched alkanes of at least 4 members (excludes halogenated alkanes) is 2. The van der Waals surface area contributed by atoms with E-state index in [1.165, 1.54) is 0 Å². The summed E-state index contributed by atoms with van der Waals surface area (Å²) in [6, 6.07) is 0. The van der Waals surface area contributed by atoms with Crippen molar-refractivity contribution in [1.82, 2.24) is 0 Å². The summed E-state index contributed by atoms with van der Waals surface area (Å²) in [7, 11) is 0. The summed E-state index contributed by atoms with van der Waals surface area (Å²) >= 11 is 0. The summed E-state index contributed by atoms with van der Waals surface area (Å²) in [5, 5.41) is 0. The predicted octanol–water partition coefficient (Wildman–Crippen LogP) is 2.19. The van der Waals surface area contributed by atoms with Crippen molar-refractivity contribution in [3.8, 4) is 0 Å². The van der Waals surface area contributed by atoms with Crippen LogP contribution in [0.15, 0.2) is 0 Å². The van der Waals surface area contributed by atoms with Gasteiger partial charge in [0.1, 0.15) is 0 Å². The van der Waals surface area contributed by atoms with Gasteiger partial charge in [-0.15, -0.1) is 0 Å². The average molecular weight is 187 g/mol. The summed E-state index contributed by atoms with van der Waals surface area (Å²) in [6.07, 6.45) is 4.21. The van der Waals surface area contributed by atoms with E-state index in [0.717, 1.165) is 19.3 Å². The van der Waals surface area contributed by atoms with Crippen LogP contribution in [0.5, 0.6) is 0 Å². The molecule has 0 fully saturated rings. The van der Waals surface area contributed by atoms with Crippen LogP contribution in [0, 0.1) is 0 Å². The van der Waals surface area contributed by atoms with Crippen molar-refractivity contribution in [2.75, 3.05) is 0 Å². The molecular formula is C10H21NO2. The number of ether oxygens (including phenoxy) is 1. The molecule has 13 heavy (non-hydrogen) atoms. The maximum Gasteiger partial charge on any atom is 0.307 e. The fourth-order valence-corrected chi connectivity index (χ4v) is 0.903. The van der Waals surface area contributed by atoms with E-state index < -0.39 is 5.72 Å². The number of carbonyl (C=O) groups is 1. The zero-order valence-electron chi connectivity index (χ0n) is 8.93. The molecule has 0 aliphatic heterocycles. The Kier molecular flexibility index (Phi) is 5.71. The van der Waals surface area contributed by atoms with Crippen LogP contribution in [-0.4, -0.2) is 11.7 Å². The van der Waals surface area contributed by atoms with E-state index in [2.05, 4.69) is 6.92 Å². The van der Waals surface area contributed by atoms with Crippen molar-refractivity contribution < 1.29 is 9.53 Å². The highest BCUT2D eigenvalue weighted by molar-refractivity contribution is 5.69. The monoisotopic (exact) mass is 187 g/mol. The van der Waals surface area contributed by atoms with Crippen LogP contribution in [0.3, 0.4) is 0 Å². The van der Waals surface area contributed by atoms with Crippen molar-refractivity contribution >= 4 is 5.97 Å². The van der Waals surface area contributed by atoms with E-state index >= 15 is 0 Å². The molecule has 0 rings (SSSR count). The Morgan fingerprint density at radius 3 is 2.46 bits per heavy atom. The Morgan fingerprint density at radius 1 is 1.38 bits per heavy atom. The van der Waals surface area contributed by atoms with Crippen LogP contribution in [0.4, 0.5) is 0 Å². The first kappa shape index (κ1) is 12.4. The first-order valence-corrected chi connectivity index (χ1v) is 5.02. The lowest BCUT2D eigenvalue weighted by atomic mass is 10.2. The van der Waals surface area contributed by atoms with Gasteiger partial charge in [0, 0.05) is 6.42 Å². The third kappa shape index (κ3) is 6.58. The second kappa shape index (κ2) is 5.97. The molecule has 3 heteroatoms. The summed E-state index contributed by atoms with van der Waals surface area (Å²) in [5.74, 6) is -0.180. The minimum absolute atomic E-state index is 0.180. The predicted molar refractivity (Wildman–Crippen MR) is 53.1 cm³/mol. The van der Waals surface area contributed by atoms with E-state index in [1.807, 2.05) is 6.92 Å². The molecule has 0 spiro atoms. The fraction of sp³-hybridized carbons (Fsp3) is 0.900. The number of nitrogens with two attached hydrogens (primary N) is 1. The van der Waals surface area contributed by atoms with E-state index in [0.29, 0.717) is 12.8 Å². The molecule has 2 N–H and O–H groups in total. The number of carbonyl (C=O) groups excluding carboxylic acids is 1. The van der Waals surface area contributed by atoms with Crippen LogP contribution >= 0.6 is 0 Å². The van der Waals surface area contributed by atoms with Crippen molar-refractivity contribution in [3.63, 3.8) is 0 Å². The highest BCUT2D eigenvalue weighted by Crippen LogP contribution is 2.09. The lowest BCUT2D eigenvalue weighted by Crippen LogP contribution is -2.40. The quantitative estimate of drug-likeness (QED) is 0.394. The average Bonchev–Trinajstić information content (AvgIpc) is 2.04. The van der Waals surface area contributed by atoms with E-state index in [-0.39, 0.29) is 5.97 Å². The zero-order valence-corrected chi connectivity index (χ0v) is 8.93. The van der Waals surface area contributed by atoms with Crippen LogP contribution in [-0.2, 0) is 9.53 Å². The molecule has 0 saturated heterocycles. The summed E-state index contributed by atoms with van der Waals surface area (Å²) < 4.78 is 5.07. The normalized spacial score (nSPS) is 15.1. The smallest absolute Gasteiger partial charge is 0.307 e. The molecule has 0 aromatic heterocycles. The van der Waals surface area contributed by atoms with Crippen molar-refractivity contribution in [2.24, 2.45) is 5.73 Å². The molecule has 3 nitrogen and oxygen atoms in total. The molecule has 0 heterocycles. The van der Waals surface area contributed by atoms with Crippen LogP contribution < -0.4 is 5.73 Å². The van der Waals surface area contributed by atoms with Crippen molar-refractivity contribution in [1.29, 1.82) is 0 Å². The first-order chi connectivity index (χ1) is 6.02. The minimum atomic E-state index is -0.788. The molecule has 0 aliphatic rings. The summed E-state index contributed by atoms with van der Waals surface area (Å²) in [6.45, 7) is 5.73. The molecular weight excluding hydrogens is 166 g/mol. The third-order valence-corrected chi connectivity index (χ3v) is 2.03. The number of hydrogen-bond acceptors (Lipinski definition) is 3. The molecule has 78 valence electrons. The molecule has 0 aliphatic carbocycles. The van der Waals surface area contributed by atoms with Gasteiger partial charge in [0.25, 0.3) is 0 Å². The van der Waals surface area contributed by atoms with Gasteiger partial charge < -0.3 is 4.74 Å². The molecule has 0 aromatic rings. The Morgan fingerprint density at radius 2 is 2.00 bits per heavy atom. The van der Waals surface area contributed by atoms with E-state index in [1.54, 1.807) is 6.92 Å². The van der Waals surface area contributed by atoms with Gasteiger partial charge in [0.15, 0.2) is 5.72 Å². The lowest BCUT2D eigenvalue weighted by molar-refractivity contribution is -0.158. The molecule has 0 aromatic carbocycles. The largest absolute Gasteiger partial charge is 0.444 e. The number of rotatable bonds is 6. The summed E-state index contributed by atoms with van der Waals surface area (Å²) in [5.41, 5.74) is 4.89. The van der Waals surface area contributed by atoms with Crippen molar-refractivity contribution in [2.45, 2.75) is 58.6 Å². The van der Waals surface area contributed by atoms with Gasteiger partial charge in [-0.1, -0.05) is 26.7 Å². The van der Waals surface area contributed by atoms with Gasteiger partial charge in [0.2, 0.25) is 0 Å². The van der Waals surface area contributed by atoms with Gasteiger partial charge >= 0.3 is 5.97 Å². The molecule has 0 radical (unpaired) electrons. The Balaban J connectivity index is 3.62. The second-order valence-corrected chi connectivity index (χ2v) is 3.60. The van der Waals surface area contributed by atoms with E-state index in [9.17, 15) is 4.79 Å². The van der Waals surface area contributed by atoms with Gasteiger partial charge in [-0.05, 0) is 19.8 Å². The molecule has 1 unspecified atom stereocenters. The minimum Gasteiger partial charge on any atom is -0.444 e. The SMILES string of the molecule is CCCCCC(=O)OC(C)(N)CC. The maximum atomic E-state index is 11.2. The third-order valence-electron chi connectivity index (χ3n) is 2.03. The molecule has 0 bridgehead atoms. The van der Waals surface area contributed by atoms with Crippen LogP contribution in [0.25, 0.3) is 0 Å². The van der Waals surface area contributed by atoms with Gasteiger partial charge in [-0.25, -0.2) is 0 Å². The van der Waals surface area contributed by atoms with E-state index in [4.69, 9.17) is 10.5 Å². The standard InChI is InChI=1S/C10H21NO2/c1-4-6-7-8-9(12)13-10(3,11)5-2/h4-8,11H2,1-3H3. The first-order valence-electron chi connectivity index (χ1n) is 5.02. The maximum absolute atomic E-state index is 11.2. The topological polar surface area (TPSA) is 52.3 Å². The van der Waals surface area contributed by atoms with Gasteiger partial charge in [0.05, 0.1) is 0 Å². The van der Waals surface area contributed by atoms with Crippen LogP contribution in [0.2, 0.25) is 0 Å². The van der Waals surface area contributed by atoms with Crippen molar-refractivity contribution in [3.05, 3.63) is 0 Å². The fourth-order valence-electron chi connectivity index (χ4n) is 0.903. The van der Waals surface area contributed by atoms with Gasteiger partial charge in [-0.2, -0.15) is 0 Å². The zero-order chi connectivity index (χ0) is 10.3. The van der Waals surface area contributed by atoms with Crippen LogP contribution in [0.1, 0.15) is 52.9 Å². The molecule has 1 atom stereocenters. The highest BCUT2D eigenvalue weighted by Gasteiger charge is 2.20. The molecule has 0 saturated carbocycles. The Bertz CT molecular complexity index is 155. The number of hydrogen-bond donors (Lipinski definition) is 1. The number of esters is 1. The summed E-state index contributed by atoms with van der Waals surface area (Å²) in [4.78, 5) is 11.2.